The molecule has 6 nitrogen and oxygen atoms in total. The standard InChI is InChI=1S/C29H31ClF3NO5S/c1-20(21-9-5-4-6-10-21)18-34(19-22-11-7-12-25(27(22)30)29(31,32)33)15-8-16-39-23-13-14-24(28(35)38-2)26(17-23)40(3,36)37/h4-7,9-14,17,20H,8,15-16,18-19H2,1-3H3. The van der Waals surface area contributed by atoms with Crippen LogP contribution in [0.15, 0.2) is 71.6 Å². The summed E-state index contributed by atoms with van der Waals surface area (Å²) in [6, 6.07) is 17.8. The lowest BCUT2D eigenvalue weighted by Crippen LogP contribution is -2.30. The lowest BCUT2D eigenvalue weighted by molar-refractivity contribution is -0.137. The van der Waals surface area contributed by atoms with Crippen LogP contribution in [0.1, 0.15) is 46.3 Å². The molecule has 1 atom stereocenters. The minimum absolute atomic E-state index is 0.0867. The Morgan fingerprint density at radius 2 is 1.75 bits per heavy atom. The van der Waals surface area contributed by atoms with Crippen LogP contribution in [0.5, 0.6) is 5.75 Å². The van der Waals surface area contributed by atoms with E-state index in [0.29, 0.717) is 25.1 Å². The van der Waals surface area contributed by atoms with E-state index in [1.807, 2.05) is 42.2 Å². The second kappa shape index (κ2) is 13.5. The highest BCUT2D eigenvalue weighted by Crippen LogP contribution is 2.36. The second-order valence-corrected chi connectivity index (χ2v) is 11.8. The molecule has 0 aliphatic heterocycles. The lowest BCUT2D eigenvalue weighted by Gasteiger charge is -2.27. The van der Waals surface area contributed by atoms with Crippen molar-refractivity contribution in [2.45, 2.75) is 36.9 Å². The molecule has 0 saturated heterocycles. The summed E-state index contributed by atoms with van der Waals surface area (Å²) < 4.78 is 75.1. The van der Waals surface area contributed by atoms with Gasteiger partial charge in [0.05, 0.1) is 34.8 Å². The quantitative estimate of drug-likeness (QED) is 0.172. The third-order valence-electron chi connectivity index (χ3n) is 6.32. The van der Waals surface area contributed by atoms with Gasteiger partial charge in [-0.3, -0.25) is 4.90 Å². The Labute approximate surface area is 237 Å². The summed E-state index contributed by atoms with van der Waals surface area (Å²) in [7, 11) is -2.57. The van der Waals surface area contributed by atoms with Crippen LogP contribution in [-0.4, -0.2) is 52.3 Å². The minimum Gasteiger partial charge on any atom is -0.494 e. The Balaban J connectivity index is 1.74. The van der Waals surface area contributed by atoms with Crippen molar-refractivity contribution < 1.29 is 35.9 Å². The molecule has 40 heavy (non-hydrogen) atoms. The Kier molecular flexibility index (Phi) is 10.6. The van der Waals surface area contributed by atoms with E-state index in [2.05, 4.69) is 4.74 Å². The summed E-state index contributed by atoms with van der Waals surface area (Å²) in [4.78, 5) is 13.8. The van der Waals surface area contributed by atoms with E-state index in [4.69, 9.17) is 16.3 Å². The predicted molar refractivity (Wildman–Crippen MR) is 148 cm³/mol. The molecular formula is C29H31ClF3NO5S. The van der Waals surface area contributed by atoms with Crippen molar-refractivity contribution in [3.63, 3.8) is 0 Å². The van der Waals surface area contributed by atoms with Crippen LogP contribution in [0.25, 0.3) is 0 Å². The van der Waals surface area contributed by atoms with Crippen LogP contribution in [0.3, 0.4) is 0 Å². The van der Waals surface area contributed by atoms with Crippen LogP contribution in [-0.2, 0) is 27.3 Å². The Morgan fingerprint density at radius 3 is 2.38 bits per heavy atom. The van der Waals surface area contributed by atoms with Crippen LogP contribution >= 0.6 is 11.6 Å². The average molecular weight is 598 g/mol. The van der Waals surface area contributed by atoms with E-state index in [1.165, 1.54) is 24.3 Å². The molecule has 0 fully saturated rings. The molecule has 1 unspecified atom stereocenters. The first-order valence-electron chi connectivity index (χ1n) is 12.5. The molecule has 0 N–H and O–H groups in total. The fourth-order valence-corrected chi connectivity index (χ4v) is 5.50. The zero-order valence-corrected chi connectivity index (χ0v) is 23.9. The number of benzene rings is 3. The van der Waals surface area contributed by atoms with Crippen LogP contribution in [0.4, 0.5) is 13.2 Å². The van der Waals surface area contributed by atoms with Gasteiger partial charge in [0.15, 0.2) is 9.84 Å². The molecule has 3 rings (SSSR count). The summed E-state index contributed by atoms with van der Waals surface area (Å²) in [5, 5.41) is -0.317. The van der Waals surface area contributed by atoms with E-state index in [-0.39, 0.29) is 40.3 Å². The number of carbonyl (C=O) groups excluding carboxylic acids is 1. The number of esters is 1. The number of rotatable bonds is 12. The maximum atomic E-state index is 13.4. The first-order chi connectivity index (χ1) is 18.8. The number of ether oxygens (including phenoxy) is 2. The average Bonchev–Trinajstić information content (AvgIpc) is 2.90. The third-order valence-corrected chi connectivity index (χ3v) is 7.91. The summed E-state index contributed by atoms with van der Waals surface area (Å²) >= 11 is 6.18. The molecule has 0 saturated carbocycles. The highest BCUT2D eigenvalue weighted by atomic mass is 35.5. The molecule has 0 radical (unpaired) electrons. The molecule has 216 valence electrons. The van der Waals surface area contributed by atoms with Crippen molar-refractivity contribution in [2.24, 2.45) is 0 Å². The molecule has 0 aliphatic carbocycles. The number of hydrogen-bond donors (Lipinski definition) is 0. The smallest absolute Gasteiger partial charge is 0.417 e. The number of hydrogen-bond acceptors (Lipinski definition) is 6. The van der Waals surface area contributed by atoms with Crippen LogP contribution in [0.2, 0.25) is 5.02 Å². The minimum atomic E-state index is -4.56. The third kappa shape index (κ3) is 8.46. The summed E-state index contributed by atoms with van der Waals surface area (Å²) in [6.45, 7) is 3.48. The van der Waals surface area contributed by atoms with Crippen molar-refractivity contribution in [1.82, 2.24) is 4.90 Å². The van der Waals surface area contributed by atoms with Crippen molar-refractivity contribution in [2.75, 3.05) is 33.1 Å². The van der Waals surface area contributed by atoms with Gasteiger partial charge in [0, 0.05) is 25.9 Å². The molecule has 0 aromatic heterocycles. The van der Waals surface area contributed by atoms with Gasteiger partial charge in [0.2, 0.25) is 0 Å². The highest BCUT2D eigenvalue weighted by Gasteiger charge is 2.34. The number of sulfone groups is 1. The normalized spacial score (nSPS) is 12.8. The lowest BCUT2D eigenvalue weighted by atomic mass is 10.00. The number of nitrogens with zero attached hydrogens (tertiary/aromatic N) is 1. The maximum Gasteiger partial charge on any atom is 0.417 e. The summed E-state index contributed by atoms with van der Waals surface area (Å²) in [5.41, 5.74) is 0.506. The van der Waals surface area contributed by atoms with Gasteiger partial charge in [0.1, 0.15) is 5.75 Å². The van der Waals surface area contributed by atoms with Crippen LogP contribution < -0.4 is 4.74 Å². The highest BCUT2D eigenvalue weighted by molar-refractivity contribution is 7.90. The van der Waals surface area contributed by atoms with Gasteiger partial charge in [-0.25, -0.2) is 13.2 Å². The molecule has 11 heteroatoms. The number of carbonyl (C=O) groups is 1. The van der Waals surface area contributed by atoms with Gasteiger partial charge in [-0.2, -0.15) is 13.2 Å². The van der Waals surface area contributed by atoms with Gasteiger partial charge in [-0.1, -0.05) is 61.0 Å². The predicted octanol–water partition coefficient (Wildman–Crippen LogP) is 6.62. The van der Waals surface area contributed by atoms with Crippen molar-refractivity contribution in [1.29, 1.82) is 0 Å². The summed E-state index contributed by atoms with van der Waals surface area (Å²) in [5.74, 6) is -0.420. The van der Waals surface area contributed by atoms with Gasteiger partial charge < -0.3 is 9.47 Å². The van der Waals surface area contributed by atoms with E-state index >= 15 is 0 Å². The molecular weight excluding hydrogens is 567 g/mol. The fraction of sp³-hybridized carbons (Fsp3) is 0.345. The summed E-state index contributed by atoms with van der Waals surface area (Å²) in [6.07, 6.45) is -3.08. The van der Waals surface area contributed by atoms with E-state index < -0.39 is 27.5 Å². The molecule has 0 aliphatic rings. The fourth-order valence-electron chi connectivity index (χ4n) is 4.33. The largest absolute Gasteiger partial charge is 0.494 e. The monoisotopic (exact) mass is 597 g/mol. The van der Waals surface area contributed by atoms with Crippen molar-refractivity contribution >= 4 is 27.4 Å². The second-order valence-electron chi connectivity index (χ2n) is 9.45. The molecule has 0 bridgehead atoms. The molecule has 0 amide bonds. The Bertz CT molecular complexity index is 1410. The molecule has 3 aromatic carbocycles. The van der Waals surface area contributed by atoms with Crippen molar-refractivity contribution in [3.05, 3.63) is 94.0 Å². The van der Waals surface area contributed by atoms with E-state index in [0.717, 1.165) is 25.0 Å². The van der Waals surface area contributed by atoms with E-state index in [9.17, 15) is 26.4 Å². The van der Waals surface area contributed by atoms with E-state index in [1.54, 1.807) is 6.07 Å². The molecule has 0 spiro atoms. The first-order valence-corrected chi connectivity index (χ1v) is 14.7. The van der Waals surface area contributed by atoms with Gasteiger partial charge in [-0.05, 0) is 47.7 Å². The Morgan fingerprint density at radius 1 is 1.05 bits per heavy atom. The van der Waals surface area contributed by atoms with Crippen molar-refractivity contribution in [3.8, 4) is 5.75 Å². The van der Waals surface area contributed by atoms with Gasteiger partial charge in [-0.15, -0.1) is 0 Å². The number of methoxy groups -OCH3 is 1. The zero-order valence-electron chi connectivity index (χ0n) is 22.4. The van der Waals surface area contributed by atoms with Crippen LogP contribution in [0, 0.1) is 0 Å². The number of alkyl halides is 3. The Hall–Kier alpha value is -3.08. The first kappa shape index (κ1) is 31.4. The zero-order chi connectivity index (χ0) is 29.5. The molecule has 0 heterocycles. The number of halogens is 4. The van der Waals surface area contributed by atoms with Gasteiger partial charge in [0.25, 0.3) is 0 Å². The maximum absolute atomic E-state index is 13.4. The molecule has 3 aromatic rings. The topological polar surface area (TPSA) is 72.9 Å². The van der Waals surface area contributed by atoms with Gasteiger partial charge >= 0.3 is 12.1 Å². The SMILES string of the molecule is COC(=O)c1ccc(OCCCN(Cc2cccc(C(F)(F)F)c2Cl)CC(C)c2ccccc2)cc1S(C)(=O)=O.